The zero-order valence-corrected chi connectivity index (χ0v) is 15.7. The fourth-order valence-corrected chi connectivity index (χ4v) is 3.03. The molecule has 0 radical (unpaired) electrons. The van der Waals surface area contributed by atoms with Gasteiger partial charge in [0.25, 0.3) is 5.88 Å². The van der Waals surface area contributed by atoms with Crippen LogP contribution in [0.15, 0.2) is 10.6 Å². The van der Waals surface area contributed by atoms with Gasteiger partial charge in [-0.15, -0.1) is 0 Å². The van der Waals surface area contributed by atoms with E-state index in [9.17, 15) is 4.79 Å². The molecule has 7 heteroatoms. The van der Waals surface area contributed by atoms with Crippen LogP contribution in [-0.4, -0.2) is 55.2 Å². The SMILES string of the molecule is CCOC(COc1cc(C(C(=O)N2CCCC2)C(C)C)on1)OCC. The van der Waals surface area contributed by atoms with Crippen LogP contribution in [0, 0.1) is 5.92 Å². The van der Waals surface area contributed by atoms with E-state index in [1.807, 2.05) is 32.6 Å². The Bertz CT molecular complexity index is 519. The Labute approximate surface area is 149 Å². The van der Waals surface area contributed by atoms with E-state index in [4.69, 9.17) is 18.7 Å². The molecule has 1 amide bonds. The molecule has 142 valence electrons. The van der Waals surface area contributed by atoms with Crippen LogP contribution < -0.4 is 4.74 Å². The van der Waals surface area contributed by atoms with Gasteiger partial charge in [0, 0.05) is 32.4 Å². The quantitative estimate of drug-likeness (QED) is 0.602. The lowest BCUT2D eigenvalue weighted by Crippen LogP contribution is -2.34. The van der Waals surface area contributed by atoms with Crippen LogP contribution in [0.1, 0.15) is 52.2 Å². The number of carbonyl (C=O) groups is 1. The van der Waals surface area contributed by atoms with Crippen LogP contribution in [0.5, 0.6) is 5.88 Å². The van der Waals surface area contributed by atoms with Crippen molar-refractivity contribution >= 4 is 5.91 Å². The average Bonchev–Trinajstić information content (AvgIpc) is 3.25. The number of amides is 1. The third-order valence-corrected chi connectivity index (χ3v) is 4.24. The number of hydrogen-bond acceptors (Lipinski definition) is 6. The van der Waals surface area contributed by atoms with E-state index in [2.05, 4.69) is 5.16 Å². The van der Waals surface area contributed by atoms with Crippen LogP contribution in [0.25, 0.3) is 0 Å². The van der Waals surface area contributed by atoms with E-state index in [0.717, 1.165) is 25.9 Å². The molecular formula is C18H30N2O5. The maximum Gasteiger partial charge on any atom is 0.254 e. The van der Waals surface area contributed by atoms with E-state index in [1.165, 1.54) is 0 Å². The van der Waals surface area contributed by atoms with Gasteiger partial charge >= 0.3 is 0 Å². The summed E-state index contributed by atoms with van der Waals surface area (Å²) in [7, 11) is 0. The highest BCUT2D eigenvalue weighted by Crippen LogP contribution is 2.30. The second kappa shape index (κ2) is 9.77. The normalized spacial score (nSPS) is 16.0. The summed E-state index contributed by atoms with van der Waals surface area (Å²) in [5.41, 5.74) is 0. The van der Waals surface area contributed by atoms with E-state index >= 15 is 0 Å². The number of carbonyl (C=O) groups excluding carboxylic acids is 1. The molecule has 1 atom stereocenters. The van der Waals surface area contributed by atoms with Crippen molar-refractivity contribution < 1.29 is 23.5 Å². The Morgan fingerprint density at radius 2 is 1.88 bits per heavy atom. The molecule has 1 saturated heterocycles. The lowest BCUT2D eigenvalue weighted by molar-refractivity contribution is -0.153. The van der Waals surface area contributed by atoms with E-state index in [-0.39, 0.29) is 24.3 Å². The van der Waals surface area contributed by atoms with E-state index < -0.39 is 6.29 Å². The van der Waals surface area contributed by atoms with Gasteiger partial charge in [-0.25, -0.2) is 0 Å². The minimum atomic E-state index is -0.442. The largest absolute Gasteiger partial charge is 0.470 e. The summed E-state index contributed by atoms with van der Waals surface area (Å²) >= 11 is 0. The summed E-state index contributed by atoms with van der Waals surface area (Å²) in [4.78, 5) is 14.7. The van der Waals surface area contributed by atoms with Crippen LogP contribution in [0.4, 0.5) is 0 Å². The average molecular weight is 354 g/mol. The highest BCUT2D eigenvalue weighted by atomic mass is 16.7. The van der Waals surface area contributed by atoms with Gasteiger partial charge in [0.1, 0.15) is 12.5 Å². The van der Waals surface area contributed by atoms with E-state index in [1.54, 1.807) is 6.07 Å². The summed E-state index contributed by atoms with van der Waals surface area (Å²) in [5.74, 6) is 0.785. The molecule has 7 nitrogen and oxygen atoms in total. The summed E-state index contributed by atoms with van der Waals surface area (Å²) in [5, 5.41) is 3.94. The fourth-order valence-electron chi connectivity index (χ4n) is 3.03. The molecule has 2 rings (SSSR count). The molecule has 1 fully saturated rings. The van der Waals surface area contributed by atoms with Gasteiger partial charge in [-0.3, -0.25) is 4.79 Å². The zero-order valence-electron chi connectivity index (χ0n) is 15.7. The maximum absolute atomic E-state index is 12.8. The third kappa shape index (κ3) is 5.44. The first-order valence-corrected chi connectivity index (χ1v) is 9.18. The molecule has 1 aliphatic heterocycles. The molecule has 0 spiro atoms. The van der Waals surface area contributed by atoms with Gasteiger partial charge in [-0.2, -0.15) is 0 Å². The molecule has 1 aromatic rings. The molecular weight excluding hydrogens is 324 g/mol. The Balaban J connectivity index is 2.00. The second-order valence-corrected chi connectivity index (χ2v) is 6.47. The minimum Gasteiger partial charge on any atom is -0.470 e. The molecule has 1 unspecified atom stereocenters. The second-order valence-electron chi connectivity index (χ2n) is 6.47. The Morgan fingerprint density at radius 3 is 2.44 bits per heavy atom. The molecule has 0 aromatic carbocycles. The predicted octanol–water partition coefficient (Wildman–Crippen LogP) is 2.81. The molecule has 0 aliphatic carbocycles. The monoisotopic (exact) mass is 354 g/mol. The fraction of sp³-hybridized carbons (Fsp3) is 0.778. The van der Waals surface area contributed by atoms with Crippen LogP contribution >= 0.6 is 0 Å². The first kappa shape index (κ1) is 19.7. The van der Waals surface area contributed by atoms with Gasteiger partial charge in [0.15, 0.2) is 12.1 Å². The highest BCUT2D eigenvalue weighted by Gasteiger charge is 2.33. The van der Waals surface area contributed by atoms with Crippen molar-refractivity contribution in [1.82, 2.24) is 10.1 Å². The van der Waals surface area contributed by atoms with Crippen molar-refractivity contribution in [1.29, 1.82) is 0 Å². The molecule has 0 N–H and O–H groups in total. The molecule has 2 heterocycles. The van der Waals surface area contributed by atoms with Gasteiger partial charge < -0.3 is 23.6 Å². The molecule has 25 heavy (non-hydrogen) atoms. The molecule has 1 aliphatic rings. The van der Waals surface area contributed by atoms with E-state index in [0.29, 0.717) is 24.9 Å². The van der Waals surface area contributed by atoms with Crippen molar-refractivity contribution in [3.8, 4) is 5.88 Å². The smallest absolute Gasteiger partial charge is 0.254 e. The molecule has 0 saturated carbocycles. The molecule has 1 aromatic heterocycles. The lowest BCUT2D eigenvalue weighted by atomic mass is 9.92. The summed E-state index contributed by atoms with van der Waals surface area (Å²) in [6, 6.07) is 1.70. The maximum atomic E-state index is 12.8. The highest BCUT2D eigenvalue weighted by molar-refractivity contribution is 5.83. The van der Waals surface area contributed by atoms with Gasteiger partial charge in [0.2, 0.25) is 5.91 Å². The first-order valence-electron chi connectivity index (χ1n) is 9.18. The Morgan fingerprint density at radius 1 is 1.24 bits per heavy atom. The standard InChI is InChI=1S/C18H30N2O5/c1-5-22-16(23-6-2)12-24-15-11-14(25-19-15)17(13(3)4)18(21)20-9-7-8-10-20/h11,13,16-17H,5-10,12H2,1-4H3. The first-order chi connectivity index (χ1) is 12.1. The van der Waals surface area contributed by atoms with Crippen LogP contribution in [0.3, 0.4) is 0 Å². The van der Waals surface area contributed by atoms with Crippen molar-refractivity contribution in [3.63, 3.8) is 0 Å². The number of likely N-dealkylation sites (tertiary alicyclic amines) is 1. The number of hydrogen-bond donors (Lipinski definition) is 0. The summed E-state index contributed by atoms with van der Waals surface area (Å²) in [6.07, 6.45) is 1.69. The van der Waals surface area contributed by atoms with Crippen molar-refractivity contribution in [3.05, 3.63) is 11.8 Å². The summed E-state index contributed by atoms with van der Waals surface area (Å²) < 4.78 is 21.9. The lowest BCUT2D eigenvalue weighted by Gasteiger charge is -2.23. The zero-order chi connectivity index (χ0) is 18.2. The van der Waals surface area contributed by atoms with Crippen molar-refractivity contribution in [2.45, 2.75) is 52.7 Å². The van der Waals surface area contributed by atoms with Crippen LogP contribution in [-0.2, 0) is 14.3 Å². The number of rotatable bonds is 10. The minimum absolute atomic E-state index is 0.108. The number of nitrogens with zero attached hydrogens (tertiary/aromatic N) is 2. The topological polar surface area (TPSA) is 74.0 Å². The van der Waals surface area contributed by atoms with Gasteiger partial charge in [-0.05, 0) is 37.8 Å². The Kier molecular flexibility index (Phi) is 7.71. The van der Waals surface area contributed by atoms with Crippen LogP contribution in [0.2, 0.25) is 0 Å². The predicted molar refractivity (Wildman–Crippen MR) is 92.4 cm³/mol. The van der Waals surface area contributed by atoms with Gasteiger partial charge in [-0.1, -0.05) is 13.8 Å². The van der Waals surface area contributed by atoms with Crippen molar-refractivity contribution in [2.24, 2.45) is 5.92 Å². The van der Waals surface area contributed by atoms with Gasteiger partial charge in [0.05, 0.1) is 0 Å². The third-order valence-electron chi connectivity index (χ3n) is 4.24. The summed E-state index contributed by atoms with van der Waals surface area (Å²) in [6.45, 7) is 10.8. The number of aromatic nitrogens is 1. The Hall–Kier alpha value is -1.60. The number of ether oxygens (including phenoxy) is 3. The molecule has 0 bridgehead atoms. The van der Waals surface area contributed by atoms with Crippen molar-refractivity contribution in [2.75, 3.05) is 32.9 Å².